The third-order valence-corrected chi connectivity index (χ3v) is 2.62. The van der Waals surface area contributed by atoms with E-state index in [1.807, 2.05) is 0 Å². The quantitative estimate of drug-likeness (QED) is 0.923. The molecule has 0 fully saturated rings. The lowest BCUT2D eigenvalue weighted by Crippen LogP contribution is -2.03. The van der Waals surface area contributed by atoms with Crippen molar-refractivity contribution in [2.24, 2.45) is 5.73 Å². The molecule has 2 aromatic carbocycles. The fraction of sp³-hybridized carbons (Fsp3) is 0.143. The van der Waals surface area contributed by atoms with E-state index >= 15 is 0 Å². The van der Waals surface area contributed by atoms with Crippen LogP contribution in [-0.2, 0) is 13.2 Å². The van der Waals surface area contributed by atoms with Gasteiger partial charge in [0.05, 0.1) is 0 Å². The number of nitrogens with two attached hydrogens (primary N) is 1. The van der Waals surface area contributed by atoms with Crippen molar-refractivity contribution in [3.63, 3.8) is 0 Å². The zero-order valence-electron chi connectivity index (χ0n) is 10.00. The van der Waals surface area contributed by atoms with Gasteiger partial charge in [-0.25, -0.2) is 13.2 Å². The van der Waals surface area contributed by atoms with Gasteiger partial charge in [-0.1, -0.05) is 6.07 Å². The van der Waals surface area contributed by atoms with Crippen LogP contribution in [0.2, 0.25) is 0 Å². The highest BCUT2D eigenvalue weighted by Crippen LogP contribution is 2.20. The third kappa shape index (κ3) is 3.26. The van der Waals surface area contributed by atoms with E-state index in [0.29, 0.717) is 0 Å². The summed E-state index contributed by atoms with van der Waals surface area (Å²) in [5.74, 6) is -2.05. The van der Waals surface area contributed by atoms with E-state index in [1.165, 1.54) is 12.1 Å². The number of rotatable bonds is 4. The summed E-state index contributed by atoms with van der Waals surface area (Å²) in [6, 6.07) is 7.21. The van der Waals surface area contributed by atoms with E-state index in [4.69, 9.17) is 10.5 Å². The van der Waals surface area contributed by atoms with E-state index in [9.17, 15) is 13.2 Å². The van der Waals surface area contributed by atoms with Crippen molar-refractivity contribution >= 4 is 0 Å². The SMILES string of the molecule is NCc1ccc(F)c(COc2cc(F)ccc2F)c1. The molecule has 19 heavy (non-hydrogen) atoms. The second-order valence-corrected chi connectivity index (χ2v) is 3.99. The summed E-state index contributed by atoms with van der Waals surface area (Å²) >= 11 is 0. The first-order chi connectivity index (χ1) is 9.10. The van der Waals surface area contributed by atoms with Crippen molar-refractivity contribution < 1.29 is 17.9 Å². The molecule has 100 valence electrons. The smallest absolute Gasteiger partial charge is 0.165 e. The van der Waals surface area contributed by atoms with E-state index in [-0.39, 0.29) is 24.5 Å². The molecule has 0 unspecified atom stereocenters. The fourth-order valence-electron chi connectivity index (χ4n) is 1.61. The summed E-state index contributed by atoms with van der Waals surface area (Å²) in [5.41, 5.74) is 6.43. The van der Waals surface area contributed by atoms with Crippen LogP contribution in [0, 0.1) is 17.5 Å². The molecule has 0 aromatic heterocycles. The Kier molecular flexibility index (Phi) is 4.06. The van der Waals surface area contributed by atoms with Gasteiger partial charge in [0, 0.05) is 18.2 Å². The molecule has 0 radical (unpaired) electrons. The van der Waals surface area contributed by atoms with Crippen LogP contribution in [-0.4, -0.2) is 0 Å². The standard InChI is InChI=1S/C14H12F3NO/c15-11-2-4-13(17)14(6-11)19-8-10-5-9(7-18)1-3-12(10)16/h1-6H,7-8,18H2. The van der Waals surface area contributed by atoms with Gasteiger partial charge in [0.2, 0.25) is 0 Å². The van der Waals surface area contributed by atoms with E-state index in [0.717, 1.165) is 23.8 Å². The zero-order chi connectivity index (χ0) is 13.8. The van der Waals surface area contributed by atoms with Crippen LogP contribution in [0.15, 0.2) is 36.4 Å². The minimum absolute atomic E-state index is 0.194. The van der Waals surface area contributed by atoms with E-state index in [1.54, 1.807) is 6.07 Å². The van der Waals surface area contributed by atoms with Gasteiger partial charge in [0.15, 0.2) is 11.6 Å². The second-order valence-electron chi connectivity index (χ2n) is 3.99. The normalized spacial score (nSPS) is 10.5. The minimum atomic E-state index is -0.697. The summed E-state index contributed by atoms with van der Waals surface area (Å²) in [7, 11) is 0. The first-order valence-electron chi connectivity index (χ1n) is 5.65. The van der Waals surface area contributed by atoms with Gasteiger partial charge in [-0.15, -0.1) is 0 Å². The number of hydrogen-bond acceptors (Lipinski definition) is 2. The van der Waals surface area contributed by atoms with Crippen molar-refractivity contribution in [3.05, 3.63) is 65.0 Å². The van der Waals surface area contributed by atoms with E-state index in [2.05, 4.69) is 0 Å². The molecule has 0 aliphatic rings. The molecule has 2 N–H and O–H groups in total. The highest BCUT2D eigenvalue weighted by Gasteiger charge is 2.08. The highest BCUT2D eigenvalue weighted by molar-refractivity contribution is 5.27. The Morgan fingerprint density at radius 1 is 0.947 bits per heavy atom. The van der Waals surface area contributed by atoms with Gasteiger partial charge in [0.25, 0.3) is 0 Å². The molecule has 0 spiro atoms. The summed E-state index contributed by atoms with van der Waals surface area (Å²) in [6.45, 7) is 0.0711. The Hall–Kier alpha value is -2.01. The first-order valence-corrected chi connectivity index (χ1v) is 5.65. The second kappa shape index (κ2) is 5.75. The molecule has 0 heterocycles. The van der Waals surface area contributed by atoms with Crippen LogP contribution in [0.1, 0.15) is 11.1 Å². The van der Waals surface area contributed by atoms with E-state index < -0.39 is 17.5 Å². The first kappa shape index (κ1) is 13.4. The average Bonchev–Trinajstić information content (AvgIpc) is 2.41. The van der Waals surface area contributed by atoms with Crippen molar-refractivity contribution in [1.82, 2.24) is 0 Å². The van der Waals surface area contributed by atoms with Crippen molar-refractivity contribution in [2.75, 3.05) is 0 Å². The van der Waals surface area contributed by atoms with Gasteiger partial charge >= 0.3 is 0 Å². The lowest BCUT2D eigenvalue weighted by molar-refractivity contribution is 0.283. The van der Waals surface area contributed by atoms with Crippen molar-refractivity contribution in [3.8, 4) is 5.75 Å². The van der Waals surface area contributed by atoms with Crippen molar-refractivity contribution in [1.29, 1.82) is 0 Å². The zero-order valence-corrected chi connectivity index (χ0v) is 10.00. The molecule has 0 aliphatic heterocycles. The van der Waals surface area contributed by atoms with Crippen LogP contribution in [0.3, 0.4) is 0 Å². The molecule has 5 heteroatoms. The van der Waals surface area contributed by atoms with Crippen LogP contribution in [0.5, 0.6) is 5.75 Å². The lowest BCUT2D eigenvalue weighted by Gasteiger charge is -2.09. The Labute approximate surface area is 108 Å². The Balaban J connectivity index is 2.16. The molecule has 0 saturated heterocycles. The Morgan fingerprint density at radius 3 is 2.42 bits per heavy atom. The average molecular weight is 267 g/mol. The van der Waals surface area contributed by atoms with Gasteiger partial charge in [-0.05, 0) is 29.8 Å². The maximum Gasteiger partial charge on any atom is 0.165 e. The summed E-state index contributed by atoms with van der Waals surface area (Å²) < 4.78 is 44.8. The largest absolute Gasteiger partial charge is 0.486 e. The molecule has 0 aliphatic carbocycles. The maximum absolute atomic E-state index is 13.5. The molecule has 0 bridgehead atoms. The Bertz CT molecular complexity index is 587. The van der Waals surface area contributed by atoms with Gasteiger partial charge < -0.3 is 10.5 Å². The van der Waals surface area contributed by atoms with Gasteiger partial charge in [-0.2, -0.15) is 0 Å². The molecular formula is C14H12F3NO. The summed E-state index contributed by atoms with van der Waals surface area (Å²) in [6.07, 6.45) is 0. The molecule has 2 nitrogen and oxygen atoms in total. The fourth-order valence-corrected chi connectivity index (χ4v) is 1.61. The molecular weight excluding hydrogens is 255 g/mol. The maximum atomic E-state index is 13.5. The van der Waals surface area contributed by atoms with Crippen LogP contribution >= 0.6 is 0 Å². The van der Waals surface area contributed by atoms with Gasteiger partial charge in [-0.3, -0.25) is 0 Å². The number of benzene rings is 2. The summed E-state index contributed by atoms with van der Waals surface area (Å²) in [5, 5.41) is 0. The van der Waals surface area contributed by atoms with Crippen LogP contribution in [0.25, 0.3) is 0 Å². The number of halogens is 3. The number of hydrogen-bond donors (Lipinski definition) is 1. The molecule has 0 saturated carbocycles. The topological polar surface area (TPSA) is 35.2 Å². The third-order valence-electron chi connectivity index (χ3n) is 2.62. The van der Waals surface area contributed by atoms with Crippen molar-refractivity contribution in [2.45, 2.75) is 13.2 Å². The minimum Gasteiger partial charge on any atom is -0.486 e. The van der Waals surface area contributed by atoms with Gasteiger partial charge in [0.1, 0.15) is 18.2 Å². The highest BCUT2D eigenvalue weighted by atomic mass is 19.1. The predicted octanol–water partition coefficient (Wildman–Crippen LogP) is 3.14. The number of ether oxygens (including phenoxy) is 1. The molecule has 2 aromatic rings. The lowest BCUT2D eigenvalue weighted by atomic mass is 10.1. The Morgan fingerprint density at radius 2 is 1.68 bits per heavy atom. The van der Waals surface area contributed by atoms with Crippen LogP contribution < -0.4 is 10.5 Å². The predicted molar refractivity (Wildman–Crippen MR) is 65.0 cm³/mol. The molecule has 2 rings (SSSR count). The molecule has 0 amide bonds. The van der Waals surface area contributed by atoms with Crippen LogP contribution in [0.4, 0.5) is 13.2 Å². The molecule has 0 atom stereocenters. The summed E-state index contributed by atoms with van der Waals surface area (Å²) in [4.78, 5) is 0. The monoisotopic (exact) mass is 267 g/mol.